The molecule has 130 valence electrons. The molecule has 0 bridgehead atoms. The number of methoxy groups -OCH3 is 1. The summed E-state index contributed by atoms with van der Waals surface area (Å²) in [7, 11) is 1.77. The number of hydrogen-bond donors (Lipinski definition) is 1. The van der Waals surface area contributed by atoms with Gasteiger partial charge in [0, 0.05) is 25.0 Å². The van der Waals surface area contributed by atoms with Crippen molar-refractivity contribution in [1.29, 1.82) is 0 Å². The lowest BCUT2D eigenvalue weighted by Gasteiger charge is -2.40. The summed E-state index contributed by atoms with van der Waals surface area (Å²) in [5, 5.41) is 3.34. The van der Waals surface area contributed by atoms with Crippen molar-refractivity contribution in [3.8, 4) is 0 Å². The molecule has 1 aromatic rings. The summed E-state index contributed by atoms with van der Waals surface area (Å²) >= 11 is 0. The van der Waals surface area contributed by atoms with E-state index >= 15 is 0 Å². The van der Waals surface area contributed by atoms with Crippen LogP contribution in [0.5, 0.6) is 0 Å². The first kappa shape index (κ1) is 16.1. The van der Waals surface area contributed by atoms with Crippen LogP contribution >= 0.6 is 0 Å². The van der Waals surface area contributed by atoms with Crippen LogP contribution in [0.3, 0.4) is 0 Å². The number of carbonyl (C=O) groups excluding carboxylic acids is 1. The van der Waals surface area contributed by atoms with E-state index in [-0.39, 0.29) is 23.3 Å². The van der Waals surface area contributed by atoms with Crippen molar-refractivity contribution in [1.82, 2.24) is 10.2 Å². The Balaban J connectivity index is 1.49. The summed E-state index contributed by atoms with van der Waals surface area (Å²) in [5.41, 5.74) is 3.09. The molecule has 4 nitrogen and oxygen atoms in total. The Morgan fingerprint density at radius 1 is 1.29 bits per heavy atom. The number of hydrogen-bond acceptors (Lipinski definition) is 3. The second-order valence-corrected chi connectivity index (χ2v) is 7.74. The Labute approximate surface area is 144 Å². The largest absolute Gasteiger partial charge is 0.383 e. The second-order valence-electron chi connectivity index (χ2n) is 7.74. The highest BCUT2D eigenvalue weighted by molar-refractivity contribution is 5.81. The van der Waals surface area contributed by atoms with E-state index in [9.17, 15) is 4.79 Å². The molecule has 2 aliphatic carbocycles. The first-order chi connectivity index (χ1) is 11.7. The van der Waals surface area contributed by atoms with Gasteiger partial charge in [-0.3, -0.25) is 4.79 Å². The summed E-state index contributed by atoms with van der Waals surface area (Å²) in [5.74, 6) is 0.550. The molecule has 24 heavy (non-hydrogen) atoms. The average Bonchev–Trinajstić information content (AvgIpc) is 3.42. The number of ether oxygens (including phenoxy) is 1. The molecule has 0 radical (unpaired) electrons. The zero-order chi connectivity index (χ0) is 16.6. The fourth-order valence-corrected chi connectivity index (χ4v) is 4.56. The van der Waals surface area contributed by atoms with E-state index in [1.165, 1.54) is 24.0 Å². The highest BCUT2D eigenvalue weighted by Gasteiger charge is 2.46. The van der Waals surface area contributed by atoms with E-state index in [1.54, 1.807) is 7.11 Å². The molecule has 4 rings (SSSR count). The molecule has 0 unspecified atom stereocenters. The third-order valence-corrected chi connectivity index (χ3v) is 6.19. The Morgan fingerprint density at radius 3 is 2.75 bits per heavy atom. The van der Waals surface area contributed by atoms with Gasteiger partial charge in [-0.25, -0.2) is 0 Å². The summed E-state index contributed by atoms with van der Waals surface area (Å²) < 4.78 is 5.22. The lowest BCUT2D eigenvalue weighted by Crippen LogP contribution is -2.43. The van der Waals surface area contributed by atoms with Crippen LogP contribution in [0, 0.1) is 5.92 Å². The van der Waals surface area contributed by atoms with Gasteiger partial charge in [-0.2, -0.15) is 0 Å². The first-order valence-corrected chi connectivity index (χ1v) is 9.33. The summed E-state index contributed by atoms with van der Waals surface area (Å²) in [4.78, 5) is 14.8. The molecule has 1 aliphatic heterocycles. The third-order valence-electron chi connectivity index (χ3n) is 6.19. The quantitative estimate of drug-likeness (QED) is 0.903. The minimum Gasteiger partial charge on any atom is -0.383 e. The van der Waals surface area contributed by atoms with Crippen LogP contribution in [0.2, 0.25) is 0 Å². The van der Waals surface area contributed by atoms with Crippen molar-refractivity contribution >= 4 is 5.91 Å². The van der Waals surface area contributed by atoms with Gasteiger partial charge < -0.3 is 15.0 Å². The van der Waals surface area contributed by atoms with E-state index < -0.39 is 0 Å². The highest BCUT2D eigenvalue weighted by atomic mass is 16.5. The number of fused-ring (bicyclic) bond motifs is 2. The van der Waals surface area contributed by atoms with E-state index in [0.717, 1.165) is 45.5 Å². The lowest BCUT2D eigenvalue weighted by atomic mass is 9.73. The minimum absolute atomic E-state index is 0.208. The van der Waals surface area contributed by atoms with Crippen LogP contribution in [0.25, 0.3) is 0 Å². The zero-order valence-electron chi connectivity index (χ0n) is 14.6. The molecule has 2 fully saturated rings. The minimum atomic E-state index is 0.208. The Kier molecular flexibility index (Phi) is 4.35. The van der Waals surface area contributed by atoms with Crippen LogP contribution in [0.1, 0.15) is 49.3 Å². The van der Waals surface area contributed by atoms with Gasteiger partial charge >= 0.3 is 0 Å². The standard InChI is InChI=1S/C20H28N2O2/c1-24-13-12-22-10-8-20(9-11-22)14-18(21-19(23)15-6-7-15)16-4-2-3-5-17(16)20/h2-5,15,18H,6-14H2,1H3,(H,21,23)/t18-/m0/s1. The number of amides is 1. The molecule has 3 aliphatic rings. The molecule has 1 spiro atoms. The van der Waals surface area contributed by atoms with E-state index in [2.05, 4.69) is 34.5 Å². The van der Waals surface area contributed by atoms with Gasteiger partial charge in [-0.1, -0.05) is 24.3 Å². The molecular weight excluding hydrogens is 300 g/mol. The maximum Gasteiger partial charge on any atom is 0.223 e. The van der Waals surface area contributed by atoms with Gasteiger partial charge in [-0.15, -0.1) is 0 Å². The van der Waals surface area contributed by atoms with Crippen molar-refractivity contribution in [2.75, 3.05) is 33.4 Å². The topological polar surface area (TPSA) is 41.6 Å². The third kappa shape index (κ3) is 2.98. The summed E-state index contributed by atoms with van der Waals surface area (Å²) in [6.07, 6.45) is 5.58. The van der Waals surface area contributed by atoms with Crippen molar-refractivity contribution < 1.29 is 9.53 Å². The van der Waals surface area contributed by atoms with Crippen molar-refractivity contribution in [2.45, 2.75) is 43.6 Å². The molecule has 4 heteroatoms. The number of benzene rings is 1. The van der Waals surface area contributed by atoms with Crippen LogP contribution in [0.4, 0.5) is 0 Å². The molecular formula is C20H28N2O2. The Bertz CT molecular complexity index is 603. The predicted molar refractivity (Wildman–Crippen MR) is 93.9 cm³/mol. The Morgan fingerprint density at radius 2 is 2.04 bits per heavy atom. The smallest absolute Gasteiger partial charge is 0.223 e. The van der Waals surface area contributed by atoms with Crippen molar-refractivity contribution in [2.24, 2.45) is 5.92 Å². The average molecular weight is 328 g/mol. The van der Waals surface area contributed by atoms with Gasteiger partial charge in [0.05, 0.1) is 12.6 Å². The molecule has 1 atom stereocenters. The van der Waals surface area contributed by atoms with Crippen LogP contribution < -0.4 is 5.32 Å². The van der Waals surface area contributed by atoms with Crippen LogP contribution in [0.15, 0.2) is 24.3 Å². The van der Waals surface area contributed by atoms with E-state index in [4.69, 9.17) is 4.74 Å². The molecule has 1 aromatic carbocycles. The number of piperidine rings is 1. The SMILES string of the molecule is COCCN1CCC2(CC1)C[C@H](NC(=O)C1CC1)c1ccccc12. The summed E-state index contributed by atoms with van der Waals surface area (Å²) in [6.45, 7) is 4.09. The lowest BCUT2D eigenvalue weighted by molar-refractivity contribution is -0.123. The Hall–Kier alpha value is -1.39. The van der Waals surface area contributed by atoms with Crippen molar-refractivity contribution in [3.05, 3.63) is 35.4 Å². The van der Waals surface area contributed by atoms with Gasteiger partial charge in [0.25, 0.3) is 0 Å². The number of rotatable bonds is 5. The zero-order valence-corrected chi connectivity index (χ0v) is 14.6. The maximum atomic E-state index is 12.3. The fourth-order valence-electron chi connectivity index (χ4n) is 4.56. The number of likely N-dealkylation sites (tertiary alicyclic amines) is 1. The maximum absolute atomic E-state index is 12.3. The molecule has 0 aromatic heterocycles. The highest BCUT2D eigenvalue weighted by Crippen LogP contribution is 2.51. The van der Waals surface area contributed by atoms with Crippen LogP contribution in [-0.4, -0.2) is 44.2 Å². The normalized spacial score (nSPS) is 25.6. The number of nitrogens with one attached hydrogen (secondary N) is 1. The van der Waals surface area contributed by atoms with Crippen LogP contribution in [-0.2, 0) is 14.9 Å². The van der Waals surface area contributed by atoms with Crippen molar-refractivity contribution in [3.63, 3.8) is 0 Å². The number of carbonyl (C=O) groups is 1. The predicted octanol–water partition coefficient (Wildman–Crippen LogP) is 2.64. The summed E-state index contributed by atoms with van der Waals surface area (Å²) in [6, 6.07) is 8.99. The van der Waals surface area contributed by atoms with Gasteiger partial charge in [0.1, 0.15) is 0 Å². The molecule has 1 heterocycles. The fraction of sp³-hybridized carbons (Fsp3) is 0.650. The van der Waals surface area contributed by atoms with E-state index in [0.29, 0.717) is 0 Å². The molecule has 1 saturated carbocycles. The molecule has 1 amide bonds. The van der Waals surface area contributed by atoms with Gasteiger partial charge in [0.2, 0.25) is 5.91 Å². The number of nitrogens with zero attached hydrogens (tertiary/aromatic N) is 1. The van der Waals surface area contributed by atoms with E-state index in [1.807, 2.05) is 0 Å². The monoisotopic (exact) mass is 328 g/mol. The van der Waals surface area contributed by atoms with Gasteiger partial charge in [0.15, 0.2) is 0 Å². The molecule has 1 saturated heterocycles. The first-order valence-electron chi connectivity index (χ1n) is 9.33. The second kappa shape index (κ2) is 6.49. The van der Waals surface area contributed by atoms with Gasteiger partial charge in [-0.05, 0) is 56.3 Å². The molecule has 1 N–H and O–H groups in total.